The zero-order valence-corrected chi connectivity index (χ0v) is 17.3. The van der Waals surface area contributed by atoms with E-state index in [2.05, 4.69) is 40.1 Å². The average molecular weight is 399 g/mol. The molecule has 0 bridgehead atoms. The van der Waals surface area contributed by atoms with Crippen LogP contribution in [0.1, 0.15) is 37.1 Å². The molecule has 0 amide bonds. The molecule has 0 radical (unpaired) electrons. The van der Waals surface area contributed by atoms with Crippen molar-refractivity contribution in [1.82, 2.24) is 15.5 Å². The molecular weight excluding hydrogens is 368 g/mol. The summed E-state index contributed by atoms with van der Waals surface area (Å²) in [4.78, 5) is 8.67. The third-order valence-corrected chi connectivity index (χ3v) is 7.95. The van der Waals surface area contributed by atoms with Gasteiger partial charge in [-0.1, -0.05) is 6.07 Å². The van der Waals surface area contributed by atoms with Crippen molar-refractivity contribution in [3.8, 4) is 0 Å². The smallest absolute Gasteiger partial charge is 0.191 e. The molecule has 2 fully saturated rings. The number of hydrogen-bond acceptors (Lipinski definition) is 5. The highest BCUT2D eigenvalue weighted by Gasteiger charge is 2.32. The fourth-order valence-corrected chi connectivity index (χ4v) is 6.65. The first-order valence-corrected chi connectivity index (χ1v) is 12.2. The van der Waals surface area contributed by atoms with E-state index in [1.54, 1.807) is 0 Å². The summed E-state index contributed by atoms with van der Waals surface area (Å²) < 4.78 is 23.4. The molecule has 1 aromatic heterocycles. The van der Waals surface area contributed by atoms with Crippen LogP contribution >= 0.6 is 11.3 Å². The molecule has 8 heteroatoms. The summed E-state index contributed by atoms with van der Waals surface area (Å²) in [5.74, 6) is 1.71. The topological polar surface area (TPSA) is 73.8 Å². The molecule has 3 atom stereocenters. The summed E-state index contributed by atoms with van der Waals surface area (Å²) in [6.45, 7) is 4.68. The lowest BCUT2D eigenvalue weighted by Gasteiger charge is -2.38. The number of sulfone groups is 1. The fourth-order valence-electron chi connectivity index (χ4n) is 3.99. The van der Waals surface area contributed by atoms with Crippen molar-refractivity contribution in [2.45, 2.75) is 38.3 Å². The van der Waals surface area contributed by atoms with E-state index in [9.17, 15) is 8.42 Å². The first-order chi connectivity index (χ1) is 12.5. The number of likely N-dealkylation sites (tertiary alicyclic amines) is 1. The molecule has 0 spiro atoms. The predicted octanol–water partition coefficient (Wildman–Crippen LogP) is 1.87. The van der Waals surface area contributed by atoms with Gasteiger partial charge in [0, 0.05) is 30.1 Å². The van der Waals surface area contributed by atoms with Crippen LogP contribution in [0.4, 0.5) is 0 Å². The van der Waals surface area contributed by atoms with Gasteiger partial charge in [0.05, 0.1) is 11.5 Å². The average Bonchev–Trinajstić information content (AvgIpc) is 3.22. The van der Waals surface area contributed by atoms with Crippen LogP contribution in [0.15, 0.2) is 22.5 Å². The lowest BCUT2D eigenvalue weighted by atomic mass is 9.88. The zero-order valence-electron chi connectivity index (χ0n) is 15.6. The van der Waals surface area contributed by atoms with Crippen LogP contribution in [0.5, 0.6) is 0 Å². The standard InChI is InChI=1S/C18H30N4O2S2/c1-3-19-18(21-15-8-11-26(23,24)13-15)20-12-14-6-4-9-22(2)17(14)16-7-5-10-25-16/h5,7,10,14-15,17H,3-4,6,8-9,11-13H2,1-2H3,(H2,19,20,21). The summed E-state index contributed by atoms with van der Waals surface area (Å²) in [5, 5.41) is 8.74. The third-order valence-electron chi connectivity index (χ3n) is 5.24. The van der Waals surface area contributed by atoms with Gasteiger partial charge in [0.25, 0.3) is 0 Å². The minimum Gasteiger partial charge on any atom is -0.357 e. The second kappa shape index (κ2) is 8.71. The van der Waals surface area contributed by atoms with Crippen molar-refractivity contribution in [2.75, 3.05) is 38.2 Å². The van der Waals surface area contributed by atoms with E-state index in [4.69, 9.17) is 4.99 Å². The number of piperidine rings is 1. The molecule has 3 rings (SSSR count). The number of guanidine groups is 1. The molecule has 1 aromatic rings. The number of rotatable bonds is 5. The SMILES string of the molecule is CCNC(=NCC1CCCN(C)C1c1cccs1)NC1CCS(=O)(=O)C1. The van der Waals surface area contributed by atoms with Gasteiger partial charge in [-0.15, -0.1) is 11.3 Å². The third kappa shape index (κ3) is 4.98. The molecule has 3 heterocycles. The van der Waals surface area contributed by atoms with E-state index in [0.717, 1.165) is 25.6 Å². The summed E-state index contributed by atoms with van der Waals surface area (Å²) >= 11 is 1.82. The van der Waals surface area contributed by atoms with Crippen molar-refractivity contribution < 1.29 is 8.42 Å². The van der Waals surface area contributed by atoms with Gasteiger partial charge in [-0.3, -0.25) is 9.89 Å². The highest BCUT2D eigenvalue weighted by atomic mass is 32.2. The first-order valence-electron chi connectivity index (χ1n) is 9.47. The van der Waals surface area contributed by atoms with Crippen molar-refractivity contribution in [1.29, 1.82) is 0 Å². The molecule has 6 nitrogen and oxygen atoms in total. The minimum absolute atomic E-state index is 0.0278. The quantitative estimate of drug-likeness (QED) is 0.585. The Balaban J connectivity index is 1.67. The maximum atomic E-state index is 11.7. The van der Waals surface area contributed by atoms with Gasteiger partial charge >= 0.3 is 0 Å². The molecular formula is C18H30N4O2S2. The maximum absolute atomic E-state index is 11.7. The van der Waals surface area contributed by atoms with Gasteiger partial charge in [-0.2, -0.15) is 0 Å². The summed E-state index contributed by atoms with van der Waals surface area (Å²) in [5.41, 5.74) is 0. The summed E-state index contributed by atoms with van der Waals surface area (Å²) in [6.07, 6.45) is 3.04. The molecule has 0 saturated carbocycles. The Labute approximate surface area is 161 Å². The van der Waals surface area contributed by atoms with Crippen molar-refractivity contribution >= 4 is 27.1 Å². The molecule has 2 N–H and O–H groups in total. The molecule has 146 valence electrons. The van der Waals surface area contributed by atoms with Crippen LogP contribution in [-0.2, 0) is 9.84 Å². The lowest BCUT2D eigenvalue weighted by Crippen LogP contribution is -2.44. The van der Waals surface area contributed by atoms with Gasteiger partial charge in [0.2, 0.25) is 0 Å². The van der Waals surface area contributed by atoms with Gasteiger partial charge in [-0.25, -0.2) is 8.42 Å². The number of hydrogen-bond donors (Lipinski definition) is 2. The van der Waals surface area contributed by atoms with E-state index < -0.39 is 9.84 Å². The predicted molar refractivity (Wildman–Crippen MR) is 109 cm³/mol. The molecule has 0 aliphatic carbocycles. The van der Waals surface area contributed by atoms with Crippen molar-refractivity contribution in [3.63, 3.8) is 0 Å². The Kier molecular flexibility index (Phi) is 6.58. The van der Waals surface area contributed by atoms with Gasteiger partial charge in [-0.05, 0) is 57.1 Å². The van der Waals surface area contributed by atoms with Crippen molar-refractivity contribution in [2.24, 2.45) is 10.9 Å². The zero-order chi connectivity index (χ0) is 18.6. The van der Waals surface area contributed by atoms with Crippen LogP contribution in [0.25, 0.3) is 0 Å². The fraction of sp³-hybridized carbons (Fsp3) is 0.722. The lowest BCUT2D eigenvalue weighted by molar-refractivity contribution is 0.128. The number of thiophene rings is 1. The van der Waals surface area contributed by atoms with Crippen molar-refractivity contribution in [3.05, 3.63) is 22.4 Å². The molecule has 3 unspecified atom stereocenters. The van der Waals surface area contributed by atoms with Gasteiger partial charge in [0.1, 0.15) is 0 Å². The van der Waals surface area contributed by atoms with Crippen LogP contribution in [0.2, 0.25) is 0 Å². The Morgan fingerprint density at radius 2 is 2.27 bits per heavy atom. The van der Waals surface area contributed by atoms with Crippen LogP contribution in [-0.4, -0.2) is 63.5 Å². The monoisotopic (exact) mass is 398 g/mol. The normalized spacial score (nSPS) is 29.6. The van der Waals surface area contributed by atoms with E-state index in [-0.39, 0.29) is 17.5 Å². The first kappa shape index (κ1) is 19.6. The maximum Gasteiger partial charge on any atom is 0.191 e. The van der Waals surface area contributed by atoms with E-state index >= 15 is 0 Å². The van der Waals surface area contributed by atoms with E-state index in [1.807, 2.05) is 18.3 Å². The Morgan fingerprint density at radius 3 is 2.92 bits per heavy atom. The number of aliphatic imine (C=N–C) groups is 1. The Bertz CT molecular complexity index is 703. The highest BCUT2D eigenvalue weighted by Crippen LogP contribution is 2.37. The molecule has 2 saturated heterocycles. The number of nitrogens with zero attached hydrogens (tertiary/aromatic N) is 2. The van der Waals surface area contributed by atoms with E-state index in [1.165, 1.54) is 17.7 Å². The largest absolute Gasteiger partial charge is 0.357 e. The molecule has 26 heavy (non-hydrogen) atoms. The second-order valence-corrected chi connectivity index (χ2v) is 10.5. The molecule has 0 aromatic carbocycles. The molecule has 2 aliphatic heterocycles. The van der Waals surface area contributed by atoms with Gasteiger partial charge < -0.3 is 10.6 Å². The van der Waals surface area contributed by atoms with Gasteiger partial charge in [0.15, 0.2) is 15.8 Å². The Morgan fingerprint density at radius 1 is 1.42 bits per heavy atom. The van der Waals surface area contributed by atoms with E-state index in [0.29, 0.717) is 18.4 Å². The highest BCUT2D eigenvalue weighted by molar-refractivity contribution is 7.91. The second-order valence-electron chi connectivity index (χ2n) is 7.31. The Hall–Kier alpha value is -1.12. The van der Waals surface area contributed by atoms with Crippen LogP contribution in [0.3, 0.4) is 0 Å². The van der Waals surface area contributed by atoms with Crippen LogP contribution in [0, 0.1) is 5.92 Å². The summed E-state index contributed by atoms with van der Waals surface area (Å²) in [6, 6.07) is 4.73. The molecule has 2 aliphatic rings. The number of nitrogens with one attached hydrogen (secondary N) is 2. The minimum atomic E-state index is -2.89. The summed E-state index contributed by atoms with van der Waals surface area (Å²) in [7, 11) is -0.686. The van der Waals surface area contributed by atoms with Crippen LogP contribution < -0.4 is 10.6 Å².